The fourth-order valence-electron chi connectivity index (χ4n) is 0.714. The Morgan fingerprint density at radius 3 is 1.94 bits per heavy atom. The summed E-state index contributed by atoms with van der Waals surface area (Å²) in [5.41, 5.74) is -0.863. The molecular weight excluding hydrogens is 228 g/mol. The number of methoxy groups -OCH3 is 1. The van der Waals surface area contributed by atoms with Crippen LogP contribution in [0.25, 0.3) is 0 Å². The Kier molecular flexibility index (Phi) is 5.50. The van der Waals surface area contributed by atoms with Crippen molar-refractivity contribution < 1.29 is 28.7 Å². The maximum atomic E-state index is 11.3. The van der Waals surface area contributed by atoms with Crippen LogP contribution in [0.15, 0.2) is 0 Å². The van der Waals surface area contributed by atoms with Crippen molar-refractivity contribution in [2.45, 2.75) is 33.6 Å². The van der Waals surface area contributed by atoms with Gasteiger partial charge in [0.1, 0.15) is 0 Å². The van der Waals surface area contributed by atoms with Gasteiger partial charge in [0.25, 0.3) is 0 Å². The molecule has 0 heterocycles. The lowest BCUT2D eigenvalue weighted by Crippen LogP contribution is -2.29. The highest BCUT2D eigenvalue weighted by Crippen LogP contribution is 2.15. The monoisotopic (exact) mass is 244 g/mol. The Hall–Kier alpha value is -1.72. The lowest BCUT2D eigenvalue weighted by molar-refractivity contribution is -0.169. The number of ketones is 1. The predicted molar refractivity (Wildman–Crippen MR) is 56.8 cm³/mol. The van der Waals surface area contributed by atoms with E-state index in [1.54, 1.807) is 20.8 Å². The zero-order valence-electron chi connectivity index (χ0n) is 10.4. The molecule has 0 spiro atoms. The number of hydrogen-bond donors (Lipinski definition) is 0. The maximum absolute atomic E-state index is 11.3. The number of esters is 3. The summed E-state index contributed by atoms with van der Waals surface area (Å²) in [6.45, 7) is 4.67. The zero-order chi connectivity index (χ0) is 13.6. The van der Waals surface area contributed by atoms with Gasteiger partial charge >= 0.3 is 17.9 Å². The third-order valence-corrected chi connectivity index (χ3v) is 1.81. The predicted octanol–water partition coefficient (Wildman–Crippen LogP) is 0.625. The van der Waals surface area contributed by atoms with Crippen molar-refractivity contribution in [2.24, 2.45) is 5.41 Å². The van der Waals surface area contributed by atoms with Crippen molar-refractivity contribution in [3.63, 3.8) is 0 Å². The average Bonchev–Trinajstić information content (AvgIpc) is 2.23. The van der Waals surface area contributed by atoms with Gasteiger partial charge in [0, 0.05) is 6.42 Å². The number of Topliss-reactive ketones (excluding diaryl/α,β-unsaturated/α-hetero) is 1. The molecule has 0 aromatic rings. The van der Waals surface area contributed by atoms with Crippen molar-refractivity contribution in [1.29, 1.82) is 0 Å². The normalized spacial score (nSPS) is 10.6. The molecule has 17 heavy (non-hydrogen) atoms. The molecule has 6 heteroatoms. The maximum Gasteiger partial charge on any atom is 0.382 e. The summed E-state index contributed by atoms with van der Waals surface area (Å²) < 4.78 is 8.67. The van der Waals surface area contributed by atoms with Crippen LogP contribution in [0, 0.1) is 5.41 Å². The van der Waals surface area contributed by atoms with Crippen molar-refractivity contribution in [2.75, 3.05) is 7.11 Å². The van der Waals surface area contributed by atoms with Gasteiger partial charge in [-0.1, -0.05) is 0 Å². The standard InChI is InChI=1S/C11H16O6/c1-11(2,3)10(15)17-9(14)7(12)5-6-8(13)16-4/h5-6H2,1-4H3. The summed E-state index contributed by atoms with van der Waals surface area (Å²) in [6.07, 6.45) is -0.545. The minimum absolute atomic E-state index is 0.214. The van der Waals surface area contributed by atoms with E-state index >= 15 is 0 Å². The molecule has 0 bridgehead atoms. The molecule has 0 aliphatic carbocycles. The number of carbonyl (C=O) groups is 4. The number of rotatable bonds is 4. The van der Waals surface area contributed by atoms with E-state index < -0.39 is 29.1 Å². The Morgan fingerprint density at radius 1 is 1.00 bits per heavy atom. The highest BCUT2D eigenvalue weighted by atomic mass is 16.6. The molecule has 0 aromatic heterocycles. The first-order valence-electron chi connectivity index (χ1n) is 5.04. The minimum atomic E-state index is -1.24. The van der Waals surface area contributed by atoms with Gasteiger partial charge in [-0.25, -0.2) is 4.79 Å². The molecule has 0 aromatic carbocycles. The Labute approximate surface area is 99.3 Å². The Balaban J connectivity index is 4.21. The van der Waals surface area contributed by atoms with E-state index in [-0.39, 0.29) is 12.8 Å². The van der Waals surface area contributed by atoms with Crippen LogP contribution in [0.3, 0.4) is 0 Å². The second-order valence-electron chi connectivity index (χ2n) is 4.43. The van der Waals surface area contributed by atoms with E-state index in [1.807, 2.05) is 0 Å². The van der Waals surface area contributed by atoms with Crippen molar-refractivity contribution >= 4 is 23.7 Å². The molecule has 0 unspecified atom stereocenters. The molecular formula is C11H16O6. The molecule has 0 fully saturated rings. The van der Waals surface area contributed by atoms with Crippen molar-refractivity contribution in [1.82, 2.24) is 0 Å². The van der Waals surface area contributed by atoms with E-state index in [2.05, 4.69) is 9.47 Å². The fourth-order valence-corrected chi connectivity index (χ4v) is 0.714. The number of hydrogen-bond acceptors (Lipinski definition) is 6. The van der Waals surface area contributed by atoms with E-state index in [4.69, 9.17) is 0 Å². The third kappa shape index (κ3) is 5.79. The van der Waals surface area contributed by atoms with E-state index in [1.165, 1.54) is 7.11 Å². The fraction of sp³-hybridized carbons (Fsp3) is 0.636. The SMILES string of the molecule is COC(=O)CCC(=O)C(=O)OC(=O)C(C)(C)C. The number of carbonyl (C=O) groups excluding carboxylic acids is 4. The Morgan fingerprint density at radius 2 is 1.53 bits per heavy atom. The average molecular weight is 244 g/mol. The topological polar surface area (TPSA) is 86.7 Å². The quantitative estimate of drug-likeness (QED) is 0.409. The molecule has 0 saturated carbocycles. The molecule has 0 aliphatic heterocycles. The zero-order valence-corrected chi connectivity index (χ0v) is 10.4. The third-order valence-electron chi connectivity index (χ3n) is 1.81. The van der Waals surface area contributed by atoms with E-state index in [0.717, 1.165) is 0 Å². The molecule has 0 saturated heterocycles. The Bertz CT molecular complexity index is 336. The van der Waals surface area contributed by atoms with Gasteiger partial charge in [0.2, 0.25) is 5.78 Å². The van der Waals surface area contributed by atoms with E-state index in [9.17, 15) is 19.2 Å². The van der Waals surface area contributed by atoms with Gasteiger partial charge in [-0.05, 0) is 20.8 Å². The summed E-state index contributed by atoms with van der Waals surface area (Å²) in [6, 6.07) is 0. The van der Waals surface area contributed by atoms with Gasteiger partial charge in [0.05, 0.1) is 18.9 Å². The molecule has 0 radical (unpaired) electrons. The van der Waals surface area contributed by atoms with Gasteiger partial charge in [-0.2, -0.15) is 0 Å². The molecule has 0 amide bonds. The smallest absolute Gasteiger partial charge is 0.382 e. The van der Waals surface area contributed by atoms with E-state index in [0.29, 0.717) is 0 Å². The lowest BCUT2D eigenvalue weighted by atomic mass is 9.97. The largest absolute Gasteiger partial charge is 0.469 e. The van der Waals surface area contributed by atoms with Crippen LogP contribution in [-0.4, -0.2) is 30.8 Å². The molecule has 0 atom stereocenters. The lowest BCUT2D eigenvalue weighted by Gasteiger charge is -2.14. The highest BCUT2D eigenvalue weighted by Gasteiger charge is 2.28. The molecule has 0 aliphatic rings. The van der Waals surface area contributed by atoms with Crippen LogP contribution in [0.1, 0.15) is 33.6 Å². The van der Waals surface area contributed by atoms with Gasteiger partial charge in [-0.15, -0.1) is 0 Å². The van der Waals surface area contributed by atoms with Crippen LogP contribution in [-0.2, 0) is 28.7 Å². The second kappa shape index (κ2) is 6.12. The summed E-state index contributed by atoms with van der Waals surface area (Å²) in [5, 5.41) is 0. The van der Waals surface area contributed by atoms with Crippen LogP contribution in [0.5, 0.6) is 0 Å². The first-order valence-corrected chi connectivity index (χ1v) is 5.04. The van der Waals surface area contributed by atoms with Crippen LogP contribution >= 0.6 is 0 Å². The van der Waals surface area contributed by atoms with Crippen molar-refractivity contribution in [3.8, 4) is 0 Å². The first kappa shape index (κ1) is 15.3. The van der Waals surface area contributed by atoms with Crippen molar-refractivity contribution in [3.05, 3.63) is 0 Å². The van der Waals surface area contributed by atoms with Crippen LogP contribution in [0.4, 0.5) is 0 Å². The van der Waals surface area contributed by atoms with Gasteiger partial charge in [-0.3, -0.25) is 14.4 Å². The molecule has 96 valence electrons. The molecule has 0 rings (SSSR count). The summed E-state index contributed by atoms with van der Waals surface area (Å²) >= 11 is 0. The van der Waals surface area contributed by atoms with Gasteiger partial charge in [0.15, 0.2) is 0 Å². The summed E-state index contributed by atoms with van der Waals surface area (Å²) in [4.78, 5) is 44.4. The number of ether oxygens (including phenoxy) is 2. The molecule has 6 nitrogen and oxygen atoms in total. The highest BCUT2D eigenvalue weighted by molar-refractivity contribution is 6.35. The minimum Gasteiger partial charge on any atom is -0.469 e. The first-order chi connectivity index (χ1) is 7.68. The summed E-state index contributed by atoms with van der Waals surface area (Å²) in [7, 11) is 1.17. The summed E-state index contributed by atoms with van der Waals surface area (Å²) in [5.74, 6) is -3.55. The molecule has 0 N–H and O–H groups in total. The second-order valence-corrected chi connectivity index (χ2v) is 4.43. The van der Waals surface area contributed by atoms with Gasteiger partial charge < -0.3 is 9.47 Å². The van der Waals surface area contributed by atoms with Crippen LogP contribution < -0.4 is 0 Å². The van der Waals surface area contributed by atoms with Crippen LogP contribution in [0.2, 0.25) is 0 Å².